The Morgan fingerprint density at radius 2 is 2.21 bits per heavy atom. The Bertz CT molecular complexity index is 437. The number of hydrogen-bond acceptors (Lipinski definition) is 4. The summed E-state index contributed by atoms with van der Waals surface area (Å²) < 4.78 is 11.2. The zero-order chi connectivity index (χ0) is 16.2. The first-order valence-corrected chi connectivity index (χ1v) is 9.50. The number of aliphatic imine (C=N–C) groups is 1. The molecule has 0 unspecified atom stereocenters. The van der Waals surface area contributed by atoms with E-state index in [1.165, 1.54) is 4.88 Å². The van der Waals surface area contributed by atoms with Crippen molar-refractivity contribution in [3.63, 3.8) is 0 Å². The molecular formula is C17H30IN3O2S. The van der Waals surface area contributed by atoms with E-state index in [0.29, 0.717) is 6.10 Å². The van der Waals surface area contributed by atoms with Gasteiger partial charge in [0.25, 0.3) is 0 Å². The Hall–Kier alpha value is -0.380. The fourth-order valence-electron chi connectivity index (χ4n) is 2.45. The minimum atomic E-state index is 0. The lowest BCUT2D eigenvalue weighted by atomic mass is 10.1. The Morgan fingerprint density at radius 3 is 2.92 bits per heavy atom. The molecule has 2 N–H and O–H groups in total. The van der Waals surface area contributed by atoms with Crippen LogP contribution in [0.1, 0.15) is 31.1 Å². The van der Waals surface area contributed by atoms with Gasteiger partial charge in [-0.15, -0.1) is 35.3 Å². The fourth-order valence-corrected chi connectivity index (χ4v) is 3.16. The average molecular weight is 467 g/mol. The predicted molar refractivity (Wildman–Crippen MR) is 112 cm³/mol. The van der Waals surface area contributed by atoms with E-state index in [1.807, 2.05) is 0 Å². The third-order valence-corrected chi connectivity index (χ3v) is 4.62. The molecular weight excluding hydrogens is 437 g/mol. The Labute approximate surface area is 166 Å². The van der Waals surface area contributed by atoms with Crippen molar-refractivity contribution >= 4 is 41.3 Å². The molecule has 0 aromatic carbocycles. The van der Waals surface area contributed by atoms with Gasteiger partial charge in [-0.05, 0) is 44.1 Å². The Kier molecular flexibility index (Phi) is 12.5. The molecule has 7 heteroatoms. The topological polar surface area (TPSA) is 54.9 Å². The second-order valence-electron chi connectivity index (χ2n) is 5.55. The molecule has 2 heterocycles. The molecule has 0 aliphatic carbocycles. The summed E-state index contributed by atoms with van der Waals surface area (Å²) in [6.07, 6.45) is 4.42. The number of guanidine groups is 1. The molecule has 0 amide bonds. The number of ether oxygens (including phenoxy) is 2. The summed E-state index contributed by atoms with van der Waals surface area (Å²) in [7, 11) is 0. The second kappa shape index (κ2) is 13.9. The minimum absolute atomic E-state index is 0. The second-order valence-corrected chi connectivity index (χ2v) is 6.59. The number of nitrogens with one attached hydrogen (secondary N) is 2. The highest BCUT2D eigenvalue weighted by atomic mass is 127. The summed E-state index contributed by atoms with van der Waals surface area (Å²) in [5.41, 5.74) is 0. The fraction of sp³-hybridized carbons (Fsp3) is 0.706. The van der Waals surface area contributed by atoms with Crippen LogP contribution in [0.15, 0.2) is 22.5 Å². The maximum atomic E-state index is 5.87. The minimum Gasteiger partial charge on any atom is -0.381 e. The first-order valence-electron chi connectivity index (χ1n) is 8.62. The highest BCUT2D eigenvalue weighted by Gasteiger charge is 2.13. The predicted octanol–water partition coefficient (Wildman–Crippen LogP) is 3.05. The van der Waals surface area contributed by atoms with Gasteiger partial charge in [0.15, 0.2) is 5.96 Å². The van der Waals surface area contributed by atoms with E-state index in [2.05, 4.69) is 40.1 Å². The maximum absolute atomic E-state index is 5.87. The third kappa shape index (κ3) is 9.19. The first-order chi connectivity index (χ1) is 11.4. The van der Waals surface area contributed by atoms with E-state index in [4.69, 9.17) is 9.47 Å². The molecule has 1 saturated heterocycles. The number of hydrogen-bond donors (Lipinski definition) is 2. The smallest absolute Gasteiger partial charge is 0.191 e. The lowest BCUT2D eigenvalue weighted by molar-refractivity contribution is -0.0318. The van der Waals surface area contributed by atoms with Crippen LogP contribution in [-0.4, -0.2) is 51.5 Å². The molecule has 5 nitrogen and oxygen atoms in total. The number of rotatable bonds is 9. The van der Waals surface area contributed by atoms with Crippen molar-refractivity contribution in [2.24, 2.45) is 4.99 Å². The molecule has 0 bridgehead atoms. The van der Waals surface area contributed by atoms with E-state index >= 15 is 0 Å². The molecule has 2 rings (SSSR count). The number of nitrogens with zero attached hydrogens (tertiary/aromatic N) is 1. The van der Waals surface area contributed by atoms with Gasteiger partial charge < -0.3 is 20.1 Å². The van der Waals surface area contributed by atoms with E-state index in [1.54, 1.807) is 11.3 Å². The average Bonchev–Trinajstić information content (AvgIpc) is 3.09. The van der Waals surface area contributed by atoms with E-state index in [-0.39, 0.29) is 24.0 Å². The molecule has 1 aromatic rings. The molecule has 1 fully saturated rings. The van der Waals surface area contributed by atoms with Crippen molar-refractivity contribution in [3.8, 4) is 0 Å². The van der Waals surface area contributed by atoms with Crippen LogP contribution < -0.4 is 10.6 Å². The van der Waals surface area contributed by atoms with Gasteiger partial charge in [0.1, 0.15) is 0 Å². The molecule has 1 aromatic heterocycles. The van der Waals surface area contributed by atoms with Crippen molar-refractivity contribution in [1.82, 2.24) is 10.6 Å². The summed E-state index contributed by atoms with van der Waals surface area (Å²) in [4.78, 5) is 6.01. The molecule has 138 valence electrons. The summed E-state index contributed by atoms with van der Waals surface area (Å²) in [6, 6.07) is 4.27. The standard InChI is InChI=1S/C17H29N3O2S.HI/c1-2-18-17(20-10-6-16-5-3-14-23-16)19-9-4-11-22-15-7-12-21-13-8-15;/h3,5,14-15H,2,4,6-13H2,1H3,(H2,18,19,20);1H. The van der Waals surface area contributed by atoms with E-state index < -0.39 is 0 Å². The first kappa shape index (κ1) is 21.7. The lowest BCUT2D eigenvalue weighted by Gasteiger charge is -2.22. The van der Waals surface area contributed by atoms with Crippen molar-refractivity contribution in [2.45, 2.75) is 38.7 Å². The monoisotopic (exact) mass is 467 g/mol. The van der Waals surface area contributed by atoms with Crippen LogP contribution in [-0.2, 0) is 15.9 Å². The van der Waals surface area contributed by atoms with Crippen molar-refractivity contribution in [2.75, 3.05) is 39.5 Å². The summed E-state index contributed by atoms with van der Waals surface area (Å²) in [5, 5.41) is 8.79. The highest BCUT2D eigenvalue weighted by Crippen LogP contribution is 2.10. The van der Waals surface area contributed by atoms with Crippen LogP contribution in [0.4, 0.5) is 0 Å². The Balaban J connectivity index is 0.00000288. The summed E-state index contributed by atoms with van der Waals surface area (Å²) in [5.74, 6) is 0.898. The quantitative estimate of drug-likeness (QED) is 0.254. The molecule has 0 atom stereocenters. The third-order valence-electron chi connectivity index (χ3n) is 3.68. The molecule has 1 aliphatic heterocycles. The summed E-state index contributed by atoms with van der Waals surface area (Å²) >= 11 is 1.80. The van der Waals surface area contributed by atoms with Gasteiger partial charge >= 0.3 is 0 Å². The van der Waals surface area contributed by atoms with Gasteiger partial charge in [0.2, 0.25) is 0 Å². The van der Waals surface area contributed by atoms with Gasteiger partial charge in [-0.2, -0.15) is 0 Å². The van der Waals surface area contributed by atoms with Crippen molar-refractivity contribution in [3.05, 3.63) is 22.4 Å². The molecule has 0 radical (unpaired) electrons. The van der Waals surface area contributed by atoms with E-state index in [9.17, 15) is 0 Å². The highest BCUT2D eigenvalue weighted by molar-refractivity contribution is 14.0. The maximum Gasteiger partial charge on any atom is 0.191 e. The van der Waals surface area contributed by atoms with Crippen LogP contribution in [0.2, 0.25) is 0 Å². The molecule has 24 heavy (non-hydrogen) atoms. The normalized spacial score (nSPS) is 15.8. The molecule has 1 aliphatic rings. The van der Waals surface area contributed by atoms with Gasteiger partial charge in [-0.1, -0.05) is 6.07 Å². The largest absolute Gasteiger partial charge is 0.381 e. The Morgan fingerprint density at radius 1 is 1.38 bits per heavy atom. The zero-order valence-electron chi connectivity index (χ0n) is 14.5. The molecule has 0 saturated carbocycles. The zero-order valence-corrected chi connectivity index (χ0v) is 17.6. The van der Waals surface area contributed by atoms with Gasteiger partial charge in [0, 0.05) is 44.3 Å². The lowest BCUT2D eigenvalue weighted by Crippen LogP contribution is -2.38. The van der Waals surface area contributed by atoms with Crippen LogP contribution in [0, 0.1) is 0 Å². The van der Waals surface area contributed by atoms with Crippen LogP contribution in [0.5, 0.6) is 0 Å². The van der Waals surface area contributed by atoms with Gasteiger partial charge in [-0.3, -0.25) is 4.99 Å². The van der Waals surface area contributed by atoms with E-state index in [0.717, 1.165) is 71.1 Å². The molecule has 0 spiro atoms. The van der Waals surface area contributed by atoms with Crippen LogP contribution in [0.25, 0.3) is 0 Å². The van der Waals surface area contributed by atoms with Gasteiger partial charge in [-0.25, -0.2) is 0 Å². The van der Waals surface area contributed by atoms with Crippen molar-refractivity contribution in [1.29, 1.82) is 0 Å². The number of thiophene rings is 1. The van der Waals surface area contributed by atoms with Crippen LogP contribution >= 0.6 is 35.3 Å². The van der Waals surface area contributed by atoms with Gasteiger partial charge in [0.05, 0.1) is 6.10 Å². The van der Waals surface area contributed by atoms with Crippen molar-refractivity contribution < 1.29 is 9.47 Å². The summed E-state index contributed by atoms with van der Waals surface area (Å²) in [6.45, 7) is 7.11. The number of halogens is 1. The van der Waals surface area contributed by atoms with Crippen LogP contribution in [0.3, 0.4) is 0 Å². The SMILES string of the molecule is CCNC(=NCCCOC1CCOCC1)NCCc1cccs1.I.